The molecule has 2 heterocycles. The van der Waals surface area contributed by atoms with Gasteiger partial charge < -0.3 is 19.6 Å². The van der Waals surface area contributed by atoms with Gasteiger partial charge in [-0.1, -0.05) is 44.1 Å². The summed E-state index contributed by atoms with van der Waals surface area (Å²) in [6, 6.07) is 13.9. The monoisotopic (exact) mass is 474 g/mol. The van der Waals surface area contributed by atoms with Crippen molar-refractivity contribution in [3.63, 3.8) is 0 Å². The van der Waals surface area contributed by atoms with Crippen molar-refractivity contribution < 1.29 is 14.1 Å². The fourth-order valence-corrected chi connectivity index (χ4v) is 4.57. The largest absolute Gasteiger partial charge is 0.368 e. The van der Waals surface area contributed by atoms with Crippen LogP contribution in [0.3, 0.4) is 0 Å². The van der Waals surface area contributed by atoms with E-state index in [4.69, 9.17) is 4.52 Å². The third kappa shape index (κ3) is 5.09. The number of aromatic nitrogens is 1. The zero-order chi connectivity index (χ0) is 25.3. The normalized spacial score (nSPS) is 14.2. The van der Waals surface area contributed by atoms with Crippen molar-refractivity contribution in [1.82, 2.24) is 5.16 Å². The van der Waals surface area contributed by atoms with E-state index in [2.05, 4.69) is 51.5 Å². The molecular formula is C28H34N4O3. The molecule has 3 aromatic rings. The lowest BCUT2D eigenvalue weighted by Gasteiger charge is -2.38. The van der Waals surface area contributed by atoms with Gasteiger partial charge >= 0.3 is 0 Å². The molecule has 1 aliphatic heterocycles. The van der Waals surface area contributed by atoms with Crippen LogP contribution >= 0.6 is 0 Å². The Hall–Kier alpha value is -3.61. The minimum absolute atomic E-state index is 0.0482. The highest BCUT2D eigenvalue weighted by Gasteiger charge is 2.30. The molecule has 0 saturated carbocycles. The number of rotatable bonds is 5. The van der Waals surface area contributed by atoms with E-state index in [-0.39, 0.29) is 17.1 Å². The molecule has 35 heavy (non-hydrogen) atoms. The minimum Gasteiger partial charge on any atom is -0.368 e. The van der Waals surface area contributed by atoms with Crippen molar-refractivity contribution in [2.45, 2.75) is 47.0 Å². The number of carbonyl (C=O) groups excluding carboxylic acids is 2. The number of nitrogens with one attached hydrogen (secondary N) is 1. The number of anilines is 3. The van der Waals surface area contributed by atoms with Crippen LogP contribution in [0.1, 0.15) is 65.4 Å². The number of Topliss-reactive ketones (excluding diaryl/α,β-unsaturated/α-hetero) is 1. The zero-order valence-corrected chi connectivity index (χ0v) is 21.4. The van der Waals surface area contributed by atoms with Gasteiger partial charge in [-0.25, -0.2) is 0 Å². The van der Waals surface area contributed by atoms with Gasteiger partial charge in [0.25, 0.3) is 5.91 Å². The first-order valence-corrected chi connectivity index (χ1v) is 12.0. The number of hydrogen-bond donors (Lipinski definition) is 1. The molecule has 0 bridgehead atoms. The van der Waals surface area contributed by atoms with Crippen molar-refractivity contribution in [2.24, 2.45) is 0 Å². The van der Waals surface area contributed by atoms with Gasteiger partial charge in [0.05, 0.1) is 11.4 Å². The summed E-state index contributed by atoms with van der Waals surface area (Å²) in [6.07, 6.45) is 0. The maximum absolute atomic E-state index is 13.4. The molecule has 1 aliphatic rings. The average Bonchev–Trinajstić information content (AvgIpc) is 3.22. The molecule has 0 radical (unpaired) electrons. The maximum Gasteiger partial charge on any atom is 0.261 e. The maximum atomic E-state index is 13.4. The highest BCUT2D eigenvalue weighted by Crippen LogP contribution is 2.32. The van der Waals surface area contributed by atoms with Gasteiger partial charge in [0.2, 0.25) is 0 Å². The third-order valence-corrected chi connectivity index (χ3v) is 6.53. The number of nitrogens with zero attached hydrogens (tertiary/aromatic N) is 3. The topological polar surface area (TPSA) is 78.7 Å². The van der Waals surface area contributed by atoms with Crippen molar-refractivity contribution in [3.8, 4) is 0 Å². The van der Waals surface area contributed by atoms with Gasteiger partial charge in [-0.05, 0) is 50.6 Å². The Bertz CT molecular complexity index is 1250. The second-order valence-electron chi connectivity index (χ2n) is 10.2. The highest BCUT2D eigenvalue weighted by molar-refractivity contribution is 6.08. The molecule has 0 atom stereocenters. The van der Waals surface area contributed by atoms with Gasteiger partial charge in [0.15, 0.2) is 5.78 Å². The lowest BCUT2D eigenvalue weighted by molar-refractivity contribution is 0.101. The summed E-state index contributed by atoms with van der Waals surface area (Å²) in [4.78, 5) is 30.2. The van der Waals surface area contributed by atoms with E-state index in [1.165, 1.54) is 18.2 Å². The van der Waals surface area contributed by atoms with E-state index in [9.17, 15) is 9.59 Å². The van der Waals surface area contributed by atoms with Crippen LogP contribution in [0, 0.1) is 13.8 Å². The van der Waals surface area contributed by atoms with E-state index >= 15 is 0 Å². The number of ketones is 1. The minimum atomic E-state index is -0.347. The number of para-hydroxylation sites is 1. The second kappa shape index (κ2) is 9.56. The van der Waals surface area contributed by atoms with Crippen LogP contribution in [0.25, 0.3) is 0 Å². The summed E-state index contributed by atoms with van der Waals surface area (Å²) in [5, 5.41) is 7.21. The SMILES string of the molecule is CC(=O)c1ccc(N2CCN(c3ccccc3C)CC2)c(NC(=O)c2c(C(C)(C)C)noc2C)c1. The van der Waals surface area contributed by atoms with Crippen LogP contribution in [0.5, 0.6) is 0 Å². The number of piperazine rings is 1. The number of amides is 1. The van der Waals surface area contributed by atoms with Crippen LogP contribution in [0.15, 0.2) is 47.0 Å². The quantitative estimate of drug-likeness (QED) is 0.501. The molecule has 0 spiro atoms. The second-order valence-corrected chi connectivity index (χ2v) is 10.2. The van der Waals surface area contributed by atoms with Crippen LogP contribution in [-0.4, -0.2) is 43.0 Å². The summed E-state index contributed by atoms with van der Waals surface area (Å²) in [5.74, 6) is 0.144. The molecule has 2 aromatic carbocycles. The van der Waals surface area contributed by atoms with Crippen molar-refractivity contribution in [2.75, 3.05) is 41.3 Å². The van der Waals surface area contributed by atoms with Crippen LogP contribution < -0.4 is 15.1 Å². The number of aryl methyl sites for hydroxylation is 2. The summed E-state index contributed by atoms with van der Waals surface area (Å²) >= 11 is 0. The van der Waals surface area contributed by atoms with E-state index in [1.54, 1.807) is 13.0 Å². The Morgan fingerprint density at radius 1 is 0.943 bits per heavy atom. The van der Waals surface area contributed by atoms with Gasteiger partial charge in [-0.3, -0.25) is 9.59 Å². The fourth-order valence-electron chi connectivity index (χ4n) is 4.57. The lowest BCUT2D eigenvalue weighted by Crippen LogP contribution is -2.47. The van der Waals surface area contributed by atoms with Crippen LogP contribution in [-0.2, 0) is 5.41 Å². The molecule has 1 amide bonds. The summed E-state index contributed by atoms with van der Waals surface area (Å²) < 4.78 is 5.37. The van der Waals surface area contributed by atoms with Gasteiger partial charge in [0, 0.05) is 42.8 Å². The first kappa shape index (κ1) is 24.5. The molecule has 4 rings (SSSR count). The highest BCUT2D eigenvalue weighted by atomic mass is 16.5. The first-order chi connectivity index (χ1) is 16.6. The first-order valence-electron chi connectivity index (χ1n) is 12.0. The molecule has 7 nitrogen and oxygen atoms in total. The Morgan fingerprint density at radius 2 is 1.57 bits per heavy atom. The Morgan fingerprint density at radius 3 is 2.17 bits per heavy atom. The molecule has 1 N–H and O–H groups in total. The van der Waals surface area contributed by atoms with E-state index in [0.717, 1.165) is 31.9 Å². The number of hydrogen-bond acceptors (Lipinski definition) is 6. The van der Waals surface area contributed by atoms with Gasteiger partial charge in [0.1, 0.15) is 17.0 Å². The third-order valence-electron chi connectivity index (χ3n) is 6.53. The zero-order valence-electron chi connectivity index (χ0n) is 21.4. The molecule has 1 aromatic heterocycles. The molecule has 1 fully saturated rings. The average molecular weight is 475 g/mol. The van der Waals surface area contributed by atoms with Gasteiger partial charge in [-0.15, -0.1) is 0 Å². The van der Waals surface area contributed by atoms with E-state index in [1.807, 2.05) is 32.9 Å². The summed E-state index contributed by atoms with van der Waals surface area (Å²) in [5.41, 5.74) is 5.31. The smallest absolute Gasteiger partial charge is 0.261 e. The van der Waals surface area contributed by atoms with Crippen LogP contribution in [0.2, 0.25) is 0 Å². The standard InChI is InChI=1S/C28H34N4O3/c1-18-9-7-8-10-23(18)31-13-15-32(16-14-31)24-12-11-21(19(2)33)17-22(24)29-27(34)25-20(3)35-30-26(25)28(4,5)6/h7-12,17H,13-16H2,1-6H3,(H,29,34). The molecule has 0 aliphatic carbocycles. The molecule has 7 heteroatoms. The van der Waals surface area contributed by atoms with Crippen molar-refractivity contribution in [3.05, 3.63) is 70.6 Å². The summed E-state index contributed by atoms with van der Waals surface area (Å²) in [7, 11) is 0. The summed E-state index contributed by atoms with van der Waals surface area (Å²) in [6.45, 7) is 14.7. The van der Waals surface area contributed by atoms with E-state index in [0.29, 0.717) is 28.3 Å². The fraction of sp³-hybridized carbons (Fsp3) is 0.393. The molecule has 0 unspecified atom stereocenters. The van der Waals surface area contributed by atoms with Crippen molar-refractivity contribution >= 4 is 28.8 Å². The lowest BCUT2D eigenvalue weighted by atomic mass is 9.88. The predicted octanol–water partition coefficient (Wildman–Crippen LogP) is 5.37. The number of carbonyl (C=O) groups is 2. The number of benzene rings is 2. The Kier molecular flexibility index (Phi) is 6.70. The van der Waals surface area contributed by atoms with Crippen LogP contribution in [0.4, 0.5) is 17.1 Å². The Balaban J connectivity index is 1.61. The molecule has 1 saturated heterocycles. The predicted molar refractivity (Wildman–Crippen MR) is 140 cm³/mol. The molecular weight excluding hydrogens is 440 g/mol. The molecule has 184 valence electrons. The van der Waals surface area contributed by atoms with E-state index < -0.39 is 0 Å². The van der Waals surface area contributed by atoms with Gasteiger partial charge in [-0.2, -0.15) is 0 Å². The Labute approximate surface area is 207 Å². The van der Waals surface area contributed by atoms with Crippen molar-refractivity contribution in [1.29, 1.82) is 0 Å².